The van der Waals surface area contributed by atoms with Crippen LogP contribution in [-0.2, 0) is 6.42 Å². The van der Waals surface area contributed by atoms with Crippen molar-refractivity contribution in [3.63, 3.8) is 0 Å². The Kier molecular flexibility index (Phi) is 4.78. The Morgan fingerprint density at radius 2 is 2.19 bits per heavy atom. The van der Waals surface area contributed by atoms with E-state index in [1.807, 2.05) is 42.5 Å². The van der Waals surface area contributed by atoms with Gasteiger partial charge in [0.1, 0.15) is 11.5 Å². The Bertz CT molecular complexity index is 951. The first-order chi connectivity index (χ1) is 13.2. The highest BCUT2D eigenvalue weighted by Crippen LogP contribution is 2.27. The summed E-state index contributed by atoms with van der Waals surface area (Å²) in [6.45, 7) is 1.15. The second kappa shape index (κ2) is 7.53. The van der Waals surface area contributed by atoms with Gasteiger partial charge in [-0.2, -0.15) is 5.10 Å². The van der Waals surface area contributed by atoms with Crippen molar-refractivity contribution in [2.45, 2.75) is 6.42 Å². The molecule has 0 saturated carbocycles. The first kappa shape index (κ1) is 17.1. The van der Waals surface area contributed by atoms with Crippen LogP contribution < -0.4 is 14.8 Å². The first-order valence-corrected chi connectivity index (χ1v) is 8.91. The minimum Gasteiger partial charge on any atom is -0.497 e. The van der Waals surface area contributed by atoms with E-state index in [9.17, 15) is 4.79 Å². The predicted octanol–water partition coefficient (Wildman–Crippen LogP) is 3.07. The molecule has 6 heteroatoms. The molecule has 0 fully saturated rings. The summed E-state index contributed by atoms with van der Waals surface area (Å²) in [5, 5.41) is 9.98. The van der Waals surface area contributed by atoms with Crippen LogP contribution in [-0.4, -0.2) is 36.4 Å². The zero-order valence-corrected chi connectivity index (χ0v) is 15.1. The van der Waals surface area contributed by atoms with Crippen LogP contribution in [0.5, 0.6) is 11.5 Å². The molecule has 2 heterocycles. The minimum atomic E-state index is -0.152. The molecule has 1 aliphatic heterocycles. The number of benzene rings is 2. The van der Waals surface area contributed by atoms with Crippen molar-refractivity contribution < 1.29 is 14.3 Å². The monoisotopic (exact) mass is 363 g/mol. The lowest BCUT2D eigenvalue weighted by Crippen LogP contribution is -2.34. The summed E-state index contributed by atoms with van der Waals surface area (Å²) >= 11 is 0. The third-order valence-corrected chi connectivity index (χ3v) is 4.75. The lowest BCUT2D eigenvalue weighted by atomic mass is 9.96. The van der Waals surface area contributed by atoms with E-state index in [2.05, 4.69) is 21.6 Å². The van der Waals surface area contributed by atoms with Crippen molar-refractivity contribution in [1.29, 1.82) is 0 Å². The van der Waals surface area contributed by atoms with E-state index >= 15 is 0 Å². The second-order valence-electron chi connectivity index (χ2n) is 6.59. The number of carbonyl (C=O) groups is 1. The quantitative estimate of drug-likeness (QED) is 0.730. The SMILES string of the molecule is COc1cccc(-c2[nH]ncc2C(=O)NC[C@H]2COc3ccccc3C2)c1. The number of para-hydroxylation sites is 1. The molecule has 1 aliphatic rings. The van der Waals surface area contributed by atoms with Crippen LogP contribution in [0.25, 0.3) is 11.3 Å². The highest BCUT2D eigenvalue weighted by Gasteiger charge is 2.21. The Balaban J connectivity index is 1.43. The van der Waals surface area contributed by atoms with Crippen molar-refractivity contribution >= 4 is 5.91 Å². The number of hydrogen-bond acceptors (Lipinski definition) is 4. The van der Waals surface area contributed by atoms with Crippen molar-refractivity contribution in [2.24, 2.45) is 5.92 Å². The molecule has 0 unspecified atom stereocenters. The Morgan fingerprint density at radius 3 is 3.07 bits per heavy atom. The fourth-order valence-electron chi connectivity index (χ4n) is 3.31. The van der Waals surface area contributed by atoms with Crippen LogP contribution in [0.15, 0.2) is 54.7 Å². The Hall–Kier alpha value is -3.28. The number of rotatable bonds is 5. The third-order valence-electron chi connectivity index (χ3n) is 4.75. The van der Waals surface area contributed by atoms with Gasteiger partial charge in [-0.15, -0.1) is 0 Å². The van der Waals surface area contributed by atoms with Crippen LogP contribution in [0.2, 0.25) is 0 Å². The molecule has 6 nitrogen and oxygen atoms in total. The molecule has 0 saturated heterocycles. The maximum atomic E-state index is 12.7. The van der Waals surface area contributed by atoms with Gasteiger partial charge in [-0.1, -0.05) is 30.3 Å². The number of H-pyrrole nitrogens is 1. The van der Waals surface area contributed by atoms with Gasteiger partial charge in [0, 0.05) is 18.0 Å². The van der Waals surface area contributed by atoms with Crippen LogP contribution in [0.4, 0.5) is 0 Å². The smallest absolute Gasteiger partial charge is 0.255 e. The highest BCUT2D eigenvalue weighted by atomic mass is 16.5. The topological polar surface area (TPSA) is 76.2 Å². The number of methoxy groups -OCH3 is 1. The summed E-state index contributed by atoms with van der Waals surface area (Å²) in [5.41, 5.74) is 3.23. The van der Waals surface area contributed by atoms with E-state index in [-0.39, 0.29) is 11.8 Å². The molecular weight excluding hydrogens is 342 g/mol. The van der Waals surface area contributed by atoms with Gasteiger partial charge in [0.25, 0.3) is 5.91 Å². The summed E-state index contributed by atoms with van der Waals surface area (Å²) in [6, 6.07) is 15.6. The Morgan fingerprint density at radius 1 is 1.30 bits per heavy atom. The van der Waals surface area contributed by atoms with E-state index in [0.29, 0.717) is 24.4 Å². The van der Waals surface area contributed by atoms with Crippen molar-refractivity contribution in [3.8, 4) is 22.8 Å². The van der Waals surface area contributed by atoms with Gasteiger partial charge in [0.2, 0.25) is 0 Å². The third kappa shape index (κ3) is 3.65. The second-order valence-corrected chi connectivity index (χ2v) is 6.59. The maximum absolute atomic E-state index is 12.7. The van der Waals surface area contributed by atoms with Gasteiger partial charge in [-0.05, 0) is 30.2 Å². The molecule has 0 aliphatic carbocycles. The number of aromatic nitrogens is 2. The molecule has 2 aromatic carbocycles. The van der Waals surface area contributed by atoms with Crippen molar-refractivity contribution in [2.75, 3.05) is 20.3 Å². The van der Waals surface area contributed by atoms with E-state index < -0.39 is 0 Å². The molecule has 27 heavy (non-hydrogen) atoms. The lowest BCUT2D eigenvalue weighted by molar-refractivity contribution is 0.0939. The molecule has 3 aromatic rings. The lowest BCUT2D eigenvalue weighted by Gasteiger charge is -2.25. The van der Waals surface area contributed by atoms with Crippen LogP contribution in [0.1, 0.15) is 15.9 Å². The number of ether oxygens (including phenoxy) is 2. The molecule has 138 valence electrons. The highest BCUT2D eigenvalue weighted by molar-refractivity contribution is 5.99. The zero-order valence-electron chi connectivity index (χ0n) is 15.1. The molecule has 1 amide bonds. The van der Waals surface area contributed by atoms with Crippen LogP contribution in [0.3, 0.4) is 0 Å². The summed E-state index contributed by atoms with van der Waals surface area (Å²) in [4.78, 5) is 12.7. The standard InChI is InChI=1S/C21H21N3O3/c1-26-17-7-4-6-16(10-17)20-18(12-23-24-20)21(25)22-11-14-9-15-5-2-3-8-19(15)27-13-14/h2-8,10,12,14H,9,11,13H2,1H3,(H,22,25)(H,23,24)/t14-/m0/s1. The number of carbonyl (C=O) groups excluding carboxylic acids is 1. The summed E-state index contributed by atoms with van der Waals surface area (Å²) in [6.07, 6.45) is 2.45. The number of amides is 1. The fraction of sp³-hybridized carbons (Fsp3) is 0.238. The van der Waals surface area contributed by atoms with Crippen molar-refractivity contribution in [3.05, 3.63) is 65.9 Å². The van der Waals surface area contributed by atoms with Crippen molar-refractivity contribution in [1.82, 2.24) is 15.5 Å². The molecule has 0 spiro atoms. The molecular formula is C21H21N3O3. The van der Waals surface area contributed by atoms with Gasteiger partial charge in [0.15, 0.2) is 0 Å². The van der Waals surface area contributed by atoms with Gasteiger partial charge < -0.3 is 14.8 Å². The summed E-state index contributed by atoms with van der Waals surface area (Å²) in [7, 11) is 1.62. The van der Waals surface area contributed by atoms with Gasteiger partial charge in [-0.25, -0.2) is 0 Å². The number of hydrogen-bond donors (Lipinski definition) is 2. The first-order valence-electron chi connectivity index (χ1n) is 8.91. The van der Waals surface area contributed by atoms with E-state index in [1.165, 1.54) is 5.56 Å². The normalized spacial score (nSPS) is 15.5. The molecule has 1 aromatic heterocycles. The average Bonchev–Trinajstić information content (AvgIpc) is 3.22. The van der Waals surface area contributed by atoms with Gasteiger partial charge in [0.05, 0.1) is 31.2 Å². The molecule has 4 rings (SSSR count). The van der Waals surface area contributed by atoms with Crippen LogP contribution in [0, 0.1) is 5.92 Å². The Labute approximate surface area is 157 Å². The van der Waals surface area contributed by atoms with E-state index in [0.717, 1.165) is 23.5 Å². The fourth-order valence-corrected chi connectivity index (χ4v) is 3.31. The number of nitrogens with zero attached hydrogens (tertiary/aromatic N) is 1. The summed E-state index contributed by atoms with van der Waals surface area (Å²) in [5.74, 6) is 1.76. The molecule has 0 radical (unpaired) electrons. The van der Waals surface area contributed by atoms with Gasteiger partial charge in [-0.3, -0.25) is 9.89 Å². The maximum Gasteiger partial charge on any atom is 0.255 e. The minimum absolute atomic E-state index is 0.152. The molecule has 1 atom stereocenters. The predicted molar refractivity (Wildman–Crippen MR) is 102 cm³/mol. The van der Waals surface area contributed by atoms with Gasteiger partial charge >= 0.3 is 0 Å². The molecule has 2 N–H and O–H groups in total. The number of nitrogens with one attached hydrogen (secondary N) is 2. The number of aromatic amines is 1. The van der Waals surface area contributed by atoms with E-state index in [1.54, 1.807) is 13.3 Å². The van der Waals surface area contributed by atoms with E-state index in [4.69, 9.17) is 9.47 Å². The number of fused-ring (bicyclic) bond motifs is 1. The summed E-state index contributed by atoms with van der Waals surface area (Å²) < 4.78 is 11.1. The largest absolute Gasteiger partial charge is 0.497 e. The zero-order chi connectivity index (χ0) is 18.6. The van der Waals surface area contributed by atoms with Crippen LogP contribution >= 0.6 is 0 Å². The average molecular weight is 363 g/mol. The molecule has 0 bridgehead atoms.